The van der Waals surface area contributed by atoms with Crippen molar-refractivity contribution < 1.29 is 9.21 Å². The highest BCUT2D eigenvalue weighted by molar-refractivity contribution is 5.93. The summed E-state index contributed by atoms with van der Waals surface area (Å²) in [7, 11) is 0. The number of aryl methyl sites for hydroxylation is 2. The second-order valence-electron chi connectivity index (χ2n) is 7.00. The van der Waals surface area contributed by atoms with E-state index in [-0.39, 0.29) is 11.3 Å². The average Bonchev–Trinajstić information content (AvgIpc) is 3.10. The van der Waals surface area contributed by atoms with E-state index in [9.17, 15) is 4.79 Å². The van der Waals surface area contributed by atoms with E-state index in [0.717, 1.165) is 28.0 Å². The molecule has 2 N–H and O–H groups in total. The number of H-pyrrole nitrogens is 1. The van der Waals surface area contributed by atoms with Crippen LogP contribution in [0.25, 0.3) is 10.9 Å². The first-order valence-corrected chi connectivity index (χ1v) is 8.03. The van der Waals surface area contributed by atoms with Gasteiger partial charge in [-0.15, -0.1) is 0 Å². The molecule has 1 aromatic carbocycles. The number of anilines is 1. The lowest BCUT2D eigenvalue weighted by molar-refractivity contribution is -0.116. The van der Waals surface area contributed by atoms with E-state index < -0.39 is 0 Å². The van der Waals surface area contributed by atoms with Crippen LogP contribution in [0.15, 0.2) is 28.8 Å². The summed E-state index contributed by atoms with van der Waals surface area (Å²) in [5.74, 6) is 1.43. The van der Waals surface area contributed by atoms with Crippen molar-refractivity contribution >= 4 is 22.5 Å². The molecule has 0 bridgehead atoms. The molecule has 24 heavy (non-hydrogen) atoms. The zero-order chi connectivity index (χ0) is 17.3. The first kappa shape index (κ1) is 16.2. The Morgan fingerprint density at radius 3 is 2.83 bits per heavy atom. The topological polar surface area (TPSA) is 83.8 Å². The normalized spacial score (nSPS) is 11.8. The van der Waals surface area contributed by atoms with Crippen LogP contribution >= 0.6 is 0 Å². The standard InChI is InChI=1S/C18H22N4O2/c1-11-15(24-17(20-11)18(2,3)4)7-8-16(23)21-13-6-5-12-10-19-22-14(12)9-13/h5-6,9-10H,7-8H2,1-4H3,(H,19,22)(H,21,23). The molecule has 0 saturated carbocycles. The van der Waals surface area contributed by atoms with Gasteiger partial charge in [-0.25, -0.2) is 4.98 Å². The molecule has 0 aliphatic carbocycles. The van der Waals surface area contributed by atoms with Crippen LogP contribution < -0.4 is 5.32 Å². The molecular weight excluding hydrogens is 304 g/mol. The Kier molecular flexibility index (Phi) is 4.13. The van der Waals surface area contributed by atoms with Crippen molar-refractivity contribution in [2.45, 2.75) is 46.0 Å². The first-order chi connectivity index (χ1) is 11.3. The van der Waals surface area contributed by atoms with E-state index in [1.807, 2.05) is 25.1 Å². The quantitative estimate of drug-likeness (QED) is 0.765. The molecule has 3 rings (SSSR count). The van der Waals surface area contributed by atoms with Gasteiger partial charge in [-0.3, -0.25) is 9.89 Å². The number of nitrogens with zero attached hydrogens (tertiary/aromatic N) is 2. The van der Waals surface area contributed by atoms with Crippen LogP contribution in [0.1, 0.15) is 44.5 Å². The molecule has 0 unspecified atom stereocenters. The maximum absolute atomic E-state index is 12.2. The lowest BCUT2D eigenvalue weighted by Gasteiger charge is -2.12. The van der Waals surface area contributed by atoms with Crippen molar-refractivity contribution in [3.63, 3.8) is 0 Å². The third-order valence-electron chi connectivity index (χ3n) is 3.84. The van der Waals surface area contributed by atoms with E-state index in [4.69, 9.17) is 4.42 Å². The van der Waals surface area contributed by atoms with Gasteiger partial charge in [-0.05, 0) is 25.1 Å². The van der Waals surface area contributed by atoms with Crippen LogP contribution in [0.2, 0.25) is 0 Å². The van der Waals surface area contributed by atoms with E-state index >= 15 is 0 Å². The van der Waals surface area contributed by atoms with Crippen LogP contribution in [-0.2, 0) is 16.6 Å². The molecule has 6 heteroatoms. The Labute approximate surface area is 140 Å². The Hall–Kier alpha value is -2.63. The lowest BCUT2D eigenvalue weighted by atomic mass is 9.97. The fourth-order valence-electron chi connectivity index (χ4n) is 2.45. The van der Waals surface area contributed by atoms with Gasteiger partial charge < -0.3 is 9.73 Å². The molecule has 0 radical (unpaired) electrons. The highest BCUT2D eigenvalue weighted by atomic mass is 16.4. The van der Waals surface area contributed by atoms with E-state index in [2.05, 4.69) is 41.3 Å². The van der Waals surface area contributed by atoms with E-state index in [1.165, 1.54) is 0 Å². The average molecular weight is 326 g/mol. The molecular formula is C18H22N4O2. The third kappa shape index (κ3) is 3.48. The van der Waals surface area contributed by atoms with Crippen LogP contribution in [0.5, 0.6) is 0 Å². The summed E-state index contributed by atoms with van der Waals surface area (Å²) in [5, 5.41) is 10.8. The van der Waals surface area contributed by atoms with Gasteiger partial charge in [-0.1, -0.05) is 20.8 Å². The van der Waals surface area contributed by atoms with Crippen LogP contribution in [0.3, 0.4) is 0 Å². The number of aromatic nitrogens is 3. The predicted octanol–water partition coefficient (Wildman–Crippen LogP) is 3.73. The first-order valence-electron chi connectivity index (χ1n) is 8.03. The smallest absolute Gasteiger partial charge is 0.224 e. The number of nitrogens with one attached hydrogen (secondary N) is 2. The summed E-state index contributed by atoms with van der Waals surface area (Å²) in [4.78, 5) is 16.6. The Bertz CT molecular complexity index is 871. The Morgan fingerprint density at radius 2 is 2.12 bits per heavy atom. The van der Waals surface area contributed by atoms with Crippen molar-refractivity contribution in [1.82, 2.24) is 15.2 Å². The largest absolute Gasteiger partial charge is 0.445 e. The summed E-state index contributed by atoms with van der Waals surface area (Å²) in [5.41, 5.74) is 2.37. The molecule has 0 aliphatic rings. The molecule has 3 aromatic rings. The molecule has 0 spiro atoms. The maximum atomic E-state index is 12.2. The minimum atomic E-state index is -0.134. The number of hydrogen-bond acceptors (Lipinski definition) is 4. The molecule has 2 aromatic heterocycles. The number of oxazole rings is 1. The fraction of sp³-hybridized carbons (Fsp3) is 0.389. The SMILES string of the molecule is Cc1nc(C(C)(C)C)oc1CCC(=O)Nc1ccc2cn[nH]c2c1. The van der Waals surface area contributed by atoms with Gasteiger partial charge in [-0.2, -0.15) is 5.10 Å². The number of aromatic amines is 1. The van der Waals surface area contributed by atoms with Gasteiger partial charge >= 0.3 is 0 Å². The molecule has 0 saturated heterocycles. The van der Waals surface area contributed by atoms with Crippen molar-refractivity contribution in [2.75, 3.05) is 5.32 Å². The van der Waals surface area contributed by atoms with Gasteiger partial charge in [0.2, 0.25) is 5.91 Å². The van der Waals surface area contributed by atoms with E-state index in [0.29, 0.717) is 18.7 Å². The summed E-state index contributed by atoms with van der Waals surface area (Å²) in [6.45, 7) is 8.08. The summed E-state index contributed by atoms with van der Waals surface area (Å²) >= 11 is 0. The van der Waals surface area contributed by atoms with Gasteiger partial charge in [0.15, 0.2) is 5.89 Å². The molecule has 1 amide bonds. The fourth-order valence-corrected chi connectivity index (χ4v) is 2.45. The third-order valence-corrected chi connectivity index (χ3v) is 3.84. The molecule has 6 nitrogen and oxygen atoms in total. The highest BCUT2D eigenvalue weighted by Crippen LogP contribution is 2.24. The number of rotatable bonds is 4. The van der Waals surface area contributed by atoms with Crippen LogP contribution in [0, 0.1) is 6.92 Å². The van der Waals surface area contributed by atoms with Crippen molar-refractivity contribution in [2.24, 2.45) is 0 Å². The maximum Gasteiger partial charge on any atom is 0.224 e. The number of amides is 1. The second-order valence-corrected chi connectivity index (χ2v) is 7.00. The summed E-state index contributed by atoms with van der Waals surface area (Å²) in [6.07, 6.45) is 2.63. The molecule has 0 fully saturated rings. The minimum absolute atomic E-state index is 0.0537. The Balaban J connectivity index is 1.62. The number of fused-ring (bicyclic) bond motifs is 1. The van der Waals surface area contributed by atoms with Crippen LogP contribution in [0.4, 0.5) is 5.69 Å². The number of benzene rings is 1. The Morgan fingerprint density at radius 1 is 1.33 bits per heavy atom. The molecule has 2 heterocycles. The number of carbonyl (C=O) groups excluding carboxylic acids is 1. The minimum Gasteiger partial charge on any atom is -0.445 e. The zero-order valence-corrected chi connectivity index (χ0v) is 14.4. The van der Waals surface area contributed by atoms with Crippen molar-refractivity contribution in [1.29, 1.82) is 0 Å². The highest BCUT2D eigenvalue weighted by Gasteiger charge is 2.22. The number of carbonyl (C=O) groups is 1. The second kappa shape index (κ2) is 6.11. The molecule has 126 valence electrons. The van der Waals surface area contributed by atoms with Gasteiger partial charge in [0.25, 0.3) is 0 Å². The zero-order valence-electron chi connectivity index (χ0n) is 14.4. The van der Waals surface area contributed by atoms with Gasteiger partial charge in [0, 0.05) is 29.3 Å². The van der Waals surface area contributed by atoms with Crippen molar-refractivity contribution in [3.05, 3.63) is 41.7 Å². The van der Waals surface area contributed by atoms with Gasteiger partial charge in [0.1, 0.15) is 5.76 Å². The summed E-state index contributed by atoms with van der Waals surface area (Å²) in [6, 6.07) is 5.66. The van der Waals surface area contributed by atoms with Gasteiger partial charge in [0.05, 0.1) is 17.4 Å². The van der Waals surface area contributed by atoms with Crippen molar-refractivity contribution in [3.8, 4) is 0 Å². The number of hydrogen-bond donors (Lipinski definition) is 2. The lowest BCUT2D eigenvalue weighted by Crippen LogP contribution is -2.12. The predicted molar refractivity (Wildman–Crippen MR) is 93.0 cm³/mol. The molecule has 0 atom stereocenters. The van der Waals surface area contributed by atoms with Crippen LogP contribution in [-0.4, -0.2) is 21.1 Å². The summed E-state index contributed by atoms with van der Waals surface area (Å²) < 4.78 is 5.82. The monoisotopic (exact) mass is 326 g/mol. The van der Waals surface area contributed by atoms with E-state index in [1.54, 1.807) is 6.20 Å². The molecule has 0 aliphatic heterocycles.